The molecule has 1 heterocycles. The van der Waals surface area contributed by atoms with Crippen molar-refractivity contribution in [1.29, 1.82) is 0 Å². The van der Waals surface area contributed by atoms with Crippen molar-refractivity contribution in [3.8, 4) is 0 Å². The number of urea groups is 1. The number of nitrogens with two attached hydrogens (primary N) is 1. The van der Waals surface area contributed by atoms with Crippen molar-refractivity contribution in [2.45, 2.75) is 53.0 Å². The normalized spacial score (nSPS) is 25.0. The van der Waals surface area contributed by atoms with E-state index in [0.29, 0.717) is 17.7 Å². The van der Waals surface area contributed by atoms with Gasteiger partial charge in [-0.25, -0.2) is 4.79 Å². The Morgan fingerprint density at radius 2 is 1.88 bits per heavy atom. The van der Waals surface area contributed by atoms with Crippen molar-refractivity contribution < 1.29 is 4.79 Å². The predicted octanol–water partition coefficient (Wildman–Crippen LogP) is 2.63. The summed E-state index contributed by atoms with van der Waals surface area (Å²) in [6, 6.07) is -0.178. The van der Waals surface area contributed by atoms with Gasteiger partial charge in [-0.1, -0.05) is 27.7 Å². The van der Waals surface area contributed by atoms with Gasteiger partial charge in [0.1, 0.15) is 5.84 Å². The maximum Gasteiger partial charge on any atom is 0.346 e. The van der Waals surface area contributed by atoms with E-state index in [4.69, 9.17) is 5.73 Å². The van der Waals surface area contributed by atoms with Gasteiger partial charge < -0.3 is 10.6 Å². The number of carbonyl (C=O) groups is 1. The summed E-state index contributed by atoms with van der Waals surface area (Å²) in [6.07, 6.45) is 1.94. The van der Waals surface area contributed by atoms with Crippen LogP contribution in [0.1, 0.15) is 47.5 Å². The number of amidine groups is 1. The summed E-state index contributed by atoms with van der Waals surface area (Å²) in [5.41, 5.74) is 5.56. The number of carbonyl (C=O) groups excluding carboxylic acids is 1. The standard InChI is InChI=1S/C13H25N3O/c1-9(2)6-7-13(5)11(14)15-12(17)16(13)8-10(3)4/h9-10H,6-8H2,1-5H3,(H2,14,15,17). The molecule has 0 spiro atoms. The van der Waals surface area contributed by atoms with Crippen LogP contribution in [0.25, 0.3) is 0 Å². The molecule has 2 N–H and O–H groups in total. The van der Waals surface area contributed by atoms with Crippen LogP contribution in [0, 0.1) is 11.8 Å². The second kappa shape index (κ2) is 5.07. The van der Waals surface area contributed by atoms with Gasteiger partial charge in [0.05, 0.1) is 5.54 Å². The van der Waals surface area contributed by atoms with Gasteiger partial charge in [0.2, 0.25) is 0 Å². The summed E-state index contributed by atoms with van der Waals surface area (Å²) in [5.74, 6) is 1.51. The molecule has 0 radical (unpaired) electrons. The van der Waals surface area contributed by atoms with E-state index >= 15 is 0 Å². The Balaban J connectivity index is 2.83. The van der Waals surface area contributed by atoms with Gasteiger partial charge in [-0.05, 0) is 31.6 Å². The van der Waals surface area contributed by atoms with E-state index in [1.54, 1.807) is 0 Å². The summed E-state index contributed by atoms with van der Waals surface area (Å²) >= 11 is 0. The van der Waals surface area contributed by atoms with Gasteiger partial charge in [0, 0.05) is 6.54 Å². The summed E-state index contributed by atoms with van der Waals surface area (Å²) in [5, 5.41) is 0. The van der Waals surface area contributed by atoms with Crippen molar-refractivity contribution in [2.24, 2.45) is 22.6 Å². The molecule has 1 atom stereocenters. The van der Waals surface area contributed by atoms with E-state index in [1.807, 2.05) is 11.8 Å². The first kappa shape index (κ1) is 14.0. The molecule has 0 fully saturated rings. The van der Waals surface area contributed by atoms with Crippen molar-refractivity contribution in [3.63, 3.8) is 0 Å². The van der Waals surface area contributed by atoms with Crippen molar-refractivity contribution in [2.75, 3.05) is 6.54 Å². The molecule has 0 aromatic heterocycles. The summed E-state index contributed by atoms with van der Waals surface area (Å²) in [7, 11) is 0. The number of amides is 2. The van der Waals surface area contributed by atoms with Crippen molar-refractivity contribution in [3.05, 3.63) is 0 Å². The molecule has 1 aliphatic heterocycles. The number of aliphatic imine (C=N–C) groups is 1. The van der Waals surface area contributed by atoms with E-state index in [-0.39, 0.29) is 11.6 Å². The lowest BCUT2D eigenvalue weighted by atomic mass is 9.89. The van der Waals surface area contributed by atoms with Crippen molar-refractivity contribution in [1.82, 2.24) is 4.90 Å². The van der Waals surface area contributed by atoms with Gasteiger partial charge in [-0.2, -0.15) is 4.99 Å². The Kier molecular flexibility index (Phi) is 4.17. The van der Waals surface area contributed by atoms with E-state index < -0.39 is 0 Å². The third-order valence-corrected chi connectivity index (χ3v) is 3.35. The summed E-state index contributed by atoms with van der Waals surface area (Å²) in [4.78, 5) is 17.6. The van der Waals surface area contributed by atoms with Gasteiger partial charge in [-0.3, -0.25) is 0 Å². The molecule has 17 heavy (non-hydrogen) atoms. The van der Waals surface area contributed by atoms with Crippen LogP contribution < -0.4 is 5.73 Å². The van der Waals surface area contributed by atoms with Crippen LogP contribution in [-0.2, 0) is 0 Å². The van der Waals surface area contributed by atoms with Crippen LogP contribution in [0.5, 0.6) is 0 Å². The number of rotatable bonds is 5. The Bertz CT molecular complexity index is 323. The van der Waals surface area contributed by atoms with E-state index in [2.05, 4.69) is 32.7 Å². The lowest BCUT2D eigenvalue weighted by molar-refractivity contribution is 0.159. The number of hydrogen-bond donors (Lipinski definition) is 1. The highest BCUT2D eigenvalue weighted by Crippen LogP contribution is 2.30. The summed E-state index contributed by atoms with van der Waals surface area (Å²) in [6.45, 7) is 11.3. The zero-order valence-corrected chi connectivity index (χ0v) is 11.7. The third kappa shape index (κ3) is 2.99. The Hall–Kier alpha value is -1.06. The molecule has 0 saturated heterocycles. The van der Waals surface area contributed by atoms with Crippen LogP contribution in [-0.4, -0.2) is 28.9 Å². The highest BCUT2D eigenvalue weighted by Gasteiger charge is 2.44. The summed E-state index contributed by atoms with van der Waals surface area (Å²) < 4.78 is 0. The average molecular weight is 239 g/mol. The SMILES string of the molecule is CC(C)CCC1(C)C(N)=NC(=O)N1CC(C)C. The molecule has 0 aliphatic carbocycles. The van der Waals surface area contributed by atoms with Crippen LogP contribution >= 0.6 is 0 Å². The van der Waals surface area contributed by atoms with Gasteiger partial charge in [-0.15, -0.1) is 0 Å². The Labute approximate surface area is 104 Å². The Morgan fingerprint density at radius 1 is 1.29 bits per heavy atom. The molecule has 0 aromatic rings. The highest BCUT2D eigenvalue weighted by atomic mass is 16.2. The first-order valence-electron chi connectivity index (χ1n) is 6.43. The largest absolute Gasteiger partial charge is 0.385 e. The first-order valence-corrected chi connectivity index (χ1v) is 6.43. The lowest BCUT2D eigenvalue weighted by Gasteiger charge is -2.36. The quantitative estimate of drug-likeness (QED) is 0.801. The fourth-order valence-electron chi connectivity index (χ4n) is 2.11. The monoisotopic (exact) mass is 239 g/mol. The average Bonchev–Trinajstić information content (AvgIpc) is 2.40. The smallest absolute Gasteiger partial charge is 0.346 e. The third-order valence-electron chi connectivity index (χ3n) is 3.35. The van der Waals surface area contributed by atoms with Crippen molar-refractivity contribution >= 4 is 11.9 Å². The maximum atomic E-state index is 11.8. The molecule has 0 saturated carbocycles. The second-order valence-corrected chi connectivity index (χ2v) is 5.99. The minimum absolute atomic E-state index is 0.178. The zero-order chi connectivity index (χ0) is 13.2. The lowest BCUT2D eigenvalue weighted by Crippen LogP contribution is -2.53. The van der Waals surface area contributed by atoms with Gasteiger partial charge in [0.25, 0.3) is 0 Å². The minimum atomic E-state index is -0.383. The van der Waals surface area contributed by atoms with Gasteiger partial charge >= 0.3 is 6.03 Å². The molecular formula is C13H25N3O. The molecule has 98 valence electrons. The van der Waals surface area contributed by atoms with Crippen LogP contribution in [0.4, 0.5) is 4.79 Å². The molecule has 1 aliphatic rings. The first-order chi connectivity index (χ1) is 7.77. The Morgan fingerprint density at radius 3 is 2.35 bits per heavy atom. The molecular weight excluding hydrogens is 214 g/mol. The van der Waals surface area contributed by atoms with Crippen LogP contribution in [0.15, 0.2) is 4.99 Å². The highest BCUT2D eigenvalue weighted by molar-refractivity contribution is 6.05. The fourth-order valence-corrected chi connectivity index (χ4v) is 2.11. The minimum Gasteiger partial charge on any atom is -0.385 e. The molecule has 2 amide bonds. The molecule has 0 aromatic carbocycles. The van der Waals surface area contributed by atoms with Crippen LogP contribution in [0.3, 0.4) is 0 Å². The molecule has 4 heteroatoms. The maximum absolute atomic E-state index is 11.8. The predicted molar refractivity (Wildman–Crippen MR) is 71.0 cm³/mol. The molecule has 1 unspecified atom stereocenters. The van der Waals surface area contributed by atoms with E-state index in [0.717, 1.165) is 19.4 Å². The van der Waals surface area contributed by atoms with E-state index in [1.165, 1.54) is 0 Å². The molecule has 1 rings (SSSR count). The number of nitrogens with zero attached hydrogens (tertiary/aromatic N) is 2. The van der Waals surface area contributed by atoms with Crippen LogP contribution in [0.2, 0.25) is 0 Å². The fraction of sp³-hybridized carbons (Fsp3) is 0.846. The molecule has 4 nitrogen and oxygen atoms in total. The zero-order valence-electron chi connectivity index (χ0n) is 11.7. The van der Waals surface area contributed by atoms with Gasteiger partial charge in [0.15, 0.2) is 0 Å². The number of hydrogen-bond acceptors (Lipinski definition) is 2. The second-order valence-electron chi connectivity index (χ2n) is 5.99. The topological polar surface area (TPSA) is 58.7 Å². The van der Waals surface area contributed by atoms with E-state index in [9.17, 15) is 4.79 Å². The molecule has 0 bridgehead atoms.